The standard InChI is InChI=1S/C18H31NS2/c1-2-3-4-5-6-7-8-9-10-16(19)18-13-15-14-20-12-11-17(15)21-18/h13,16H,2-12,14,19H2,1H3. The van der Waals surface area contributed by atoms with Crippen LogP contribution in [0.25, 0.3) is 0 Å². The van der Waals surface area contributed by atoms with Crippen LogP contribution in [0.15, 0.2) is 6.07 Å². The second-order valence-electron chi connectivity index (χ2n) is 6.27. The van der Waals surface area contributed by atoms with Gasteiger partial charge in [-0.3, -0.25) is 0 Å². The molecular weight excluding hydrogens is 294 g/mol. The predicted octanol–water partition coefficient (Wildman–Crippen LogP) is 6.07. The summed E-state index contributed by atoms with van der Waals surface area (Å²) in [6, 6.07) is 2.67. The highest BCUT2D eigenvalue weighted by molar-refractivity contribution is 7.98. The second-order valence-corrected chi connectivity index (χ2v) is 8.54. The lowest BCUT2D eigenvalue weighted by atomic mass is 10.0. The fourth-order valence-electron chi connectivity index (χ4n) is 2.99. The largest absolute Gasteiger partial charge is 0.323 e. The van der Waals surface area contributed by atoms with E-state index in [0.29, 0.717) is 0 Å². The summed E-state index contributed by atoms with van der Waals surface area (Å²) in [6.45, 7) is 2.28. The molecule has 0 saturated heterocycles. The minimum atomic E-state index is 0.283. The Morgan fingerprint density at radius 2 is 1.81 bits per heavy atom. The van der Waals surface area contributed by atoms with Crippen LogP contribution >= 0.6 is 23.1 Å². The van der Waals surface area contributed by atoms with E-state index in [-0.39, 0.29) is 6.04 Å². The first-order valence-corrected chi connectivity index (χ1v) is 10.7. The van der Waals surface area contributed by atoms with E-state index < -0.39 is 0 Å². The van der Waals surface area contributed by atoms with E-state index in [2.05, 4.69) is 24.8 Å². The molecule has 120 valence electrons. The first kappa shape index (κ1) is 17.4. The number of thioether (sulfide) groups is 1. The van der Waals surface area contributed by atoms with Gasteiger partial charge >= 0.3 is 0 Å². The highest BCUT2D eigenvalue weighted by Gasteiger charge is 2.16. The van der Waals surface area contributed by atoms with Crippen LogP contribution in [0.3, 0.4) is 0 Å². The summed E-state index contributed by atoms with van der Waals surface area (Å²) < 4.78 is 0. The average Bonchev–Trinajstić information content (AvgIpc) is 2.94. The number of hydrogen-bond acceptors (Lipinski definition) is 3. The molecule has 1 nitrogen and oxygen atoms in total. The van der Waals surface area contributed by atoms with Gasteiger partial charge < -0.3 is 5.73 Å². The van der Waals surface area contributed by atoms with Crippen LogP contribution in [0.4, 0.5) is 0 Å². The van der Waals surface area contributed by atoms with Crippen molar-refractivity contribution < 1.29 is 0 Å². The Hall–Kier alpha value is 0.01000. The zero-order valence-corrected chi connectivity index (χ0v) is 15.2. The molecule has 2 N–H and O–H groups in total. The van der Waals surface area contributed by atoms with Crippen molar-refractivity contribution in [2.45, 2.75) is 82.9 Å². The number of thiophene rings is 1. The maximum atomic E-state index is 6.39. The third-order valence-electron chi connectivity index (χ3n) is 4.38. The highest BCUT2D eigenvalue weighted by atomic mass is 32.2. The Balaban J connectivity index is 1.59. The van der Waals surface area contributed by atoms with Crippen molar-refractivity contribution in [3.8, 4) is 0 Å². The summed E-state index contributed by atoms with van der Waals surface area (Å²) in [5.74, 6) is 2.50. The van der Waals surface area contributed by atoms with Gasteiger partial charge in [0.25, 0.3) is 0 Å². The molecule has 0 saturated carbocycles. The van der Waals surface area contributed by atoms with E-state index in [1.807, 2.05) is 11.3 Å². The predicted molar refractivity (Wildman–Crippen MR) is 98.3 cm³/mol. The molecule has 0 amide bonds. The molecule has 2 heterocycles. The van der Waals surface area contributed by atoms with E-state index in [1.54, 1.807) is 10.4 Å². The second kappa shape index (κ2) is 9.91. The van der Waals surface area contributed by atoms with E-state index in [4.69, 9.17) is 5.73 Å². The molecule has 1 aliphatic rings. The Morgan fingerprint density at radius 3 is 2.52 bits per heavy atom. The monoisotopic (exact) mass is 325 g/mol. The van der Waals surface area contributed by atoms with Crippen LogP contribution < -0.4 is 5.73 Å². The molecule has 1 aromatic heterocycles. The maximum absolute atomic E-state index is 6.39. The Kier molecular flexibility index (Phi) is 8.20. The molecule has 0 aromatic carbocycles. The number of rotatable bonds is 10. The van der Waals surface area contributed by atoms with Crippen LogP contribution in [0.2, 0.25) is 0 Å². The summed E-state index contributed by atoms with van der Waals surface area (Å²) in [6.07, 6.45) is 13.5. The summed E-state index contributed by atoms with van der Waals surface area (Å²) in [7, 11) is 0. The molecule has 1 aliphatic heterocycles. The Bertz CT molecular complexity index is 376. The van der Waals surface area contributed by atoms with Crippen molar-refractivity contribution in [2.75, 3.05) is 5.75 Å². The summed E-state index contributed by atoms with van der Waals surface area (Å²) >= 11 is 4.04. The lowest BCUT2D eigenvalue weighted by molar-refractivity contribution is 0.539. The minimum absolute atomic E-state index is 0.283. The van der Waals surface area contributed by atoms with E-state index in [9.17, 15) is 0 Å². The number of unbranched alkanes of at least 4 members (excludes halogenated alkanes) is 7. The number of aryl methyl sites for hydroxylation is 1. The summed E-state index contributed by atoms with van der Waals surface area (Å²) in [5.41, 5.74) is 7.96. The van der Waals surface area contributed by atoms with Crippen molar-refractivity contribution in [3.05, 3.63) is 21.4 Å². The van der Waals surface area contributed by atoms with Crippen LogP contribution in [0.5, 0.6) is 0 Å². The molecule has 21 heavy (non-hydrogen) atoms. The average molecular weight is 326 g/mol. The summed E-state index contributed by atoms with van der Waals surface area (Å²) in [5, 5.41) is 0. The molecule has 0 fully saturated rings. The molecule has 0 aliphatic carbocycles. The molecule has 1 atom stereocenters. The van der Waals surface area contributed by atoms with E-state index in [0.717, 1.165) is 0 Å². The van der Waals surface area contributed by atoms with Crippen LogP contribution in [0.1, 0.15) is 86.1 Å². The maximum Gasteiger partial charge on any atom is 0.0389 e. The molecular formula is C18H31NS2. The molecule has 1 unspecified atom stereocenters. The van der Waals surface area contributed by atoms with Crippen molar-refractivity contribution in [1.29, 1.82) is 0 Å². The SMILES string of the molecule is CCCCCCCCCCC(N)c1cc2c(s1)CCSC2. The normalized spacial score (nSPS) is 15.9. The van der Waals surface area contributed by atoms with Crippen LogP contribution in [-0.2, 0) is 12.2 Å². The zero-order valence-electron chi connectivity index (χ0n) is 13.5. The minimum Gasteiger partial charge on any atom is -0.323 e. The van der Waals surface area contributed by atoms with E-state index >= 15 is 0 Å². The van der Waals surface area contributed by atoms with Crippen molar-refractivity contribution in [1.82, 2.24) is 0 Å². The van der Waals surface area contributed by atoms with E-state index in [1.165, 1.54) is 80.6 Å². The topological polar surface area (TPSA) is 26.0 Å². The number of nitrogens with two attached hydrogens (primary N) is 1. The van der Waals surface area contributed by atoms with Crippen molar-refractivity contribution in [3.63, 3.8) is 0 Å². The molecule has 3 heteroatoms. The fraction of sp³-hybridized carbons (Fsp3) is 0.778. The van der Waals surface area contributed by atoms with Crippen LogP contribution in [-0.4, -0.2) is 5.75 Å². The van der Waals surface area contributed by atoms with Gasteiger partial charge in [-0.1, -0.05) is 58.3 Å². The third kappa shape index (κ3) is 5.96. The van der Waals surface area contributed by atoms with Gasteiger partial charge in [0.2, 0.25) is 0 Å². The molecule has 2 rings (SSSR count). The molecule has 0 bridgehead atoms. The molecule has 0 radical (unpaired) electrons. The molecule has 1 aromatic rings. The highest BCUT2D eigenvalue weighted by Crippen LogP contribution is 2.35. The van der Waals surface area contributed by atoms with Gasteiger partial charge in [0, 0.05) is 21.5 Å². The smallest absolute Gasteiger partial charge is 0.0389 e. The first-order chi connectivity index (χ1) is 10.3. The van der Waals surface area contributed by atoms with Gasteiger partial charge in [-0.15, -0.1) is 11.3 Å². The van der Waals surface area contributed by atoms with Gasteiger partial charge in [-0.05, 0) is 30.2 Å². The van der Waals surface area contributed by atoms with Gasteiger partial charge in [0.1, 0.15) is 0 Å². The quantitative estimate of drug-likeness (QED) is 0.528. The molecule has 0 spiro atoms. The number of fused-ring (bicyclic) bond motifs is 1. The number of hydrogen-bond donors (Lipinski definition) is 1. The lowest BCUT2D eigenvalue weighted by Crippen LogP contribution is -2.08. The first-order valence-electron chi connectivity index (χ1n) is 8.76. The van der Waals surface area contributed by atoms with Crippen molar-refractivity contribution >= 4 is 23.1 Å². The Labute approximate surface area is 139 Å². The Morgan fingerprint density at radius 1 is 1.10 bits per heavy atom. The lowest BCUT2D eigenvalue weighted by Gasteiger charge is -2.09. The third-order valence-corrected chi connectivity index (χ3v) is 6.76. The fourth-order valence-corrected chi connectivity index (χ4v) is 5.41. The summed E-state index contributed by atoms with van der Waals surface area (Å²) in [4.78, 5) is 3.04. The van der Waals surface area contributed by atoms with Crippen molar-refractivity contribution in [2.24, 2.45) is 5.73 Å². The van der Waals surface area contributed by atoms with Gasteiger partial charge in [-0.2, -0.15) is 11.8 Å². The zero-order chi connectivity index (χ0) is 14.9. The van der Waals surface area contributed by atoms with Crippen LogP contribution in [0, 0.1) is 0 Å². The van der Waals surface area contributed by atoms with Gasteiger partial charge in [-0.25, -0.2) is 0 Å². The van der Waals surface area contributed by atoms with Gasteiger partial charge in [0.15, 0.2) is 0 Å². The van der Waals surface area contributed by atoms with Gasteiger partial charge in [0.05, 0.1) is 0 Å².